The Morgan fingerprint density at radius 2 is 2.44 bits per heavy atom. The van der Waals surface area contributed by atoms with Crippen LogP contribution in [0.15, 0.2) is 35.3 Å². The van der Waals surface area contributed by atoms with Crippen molar-refractivity contribution in [3.63, 3.8) is 0 Å². The molecule has 5 heteroatoms. The average molecular weight is 218 g/mol. The van der Waals surface area contributed by atoms with Gasteiger partial charge in [0, 0.05) is 12.5 Å². The van der Waals surface area contributed by atoms with E-state index < -0.39 is 0 Å². The van der Waals surface area contributed by atoms with Gasteiger partial charge in [0.2, 0.25) is 0 Å². The Bertz CT molecular complexity index is 441. The number of rotatable bonds is 4. The molecule has 0 saturated heterocycles. The maximum absolute atomic E-state index is 5.73. The van der Waals surface area contributed by atoms with Crippen molar-refractivity contribution in [1.82, 2.24) is 9.97 Å². The van der Waals surface area contributed by atoms with E-state index in [1.165, 1.54) is 6.33 Å². The number of nitrogens with one attached hydrogen (secondary N) is 1. The third-order valence-electron chi connectivity index (χ3n) is 2.21. The van der Waals surface area contributed by atoms with Gasteiger partial charge in [-0.05, 0) is 19.1 Å². The van der Waals surface area contributed by atoms with Gasteiger partial charge < -0.3 is 15.5 Å². The lowest BCUT2D eigenvalue weighted by Crippen LogP contribution is -2.19. The molecule has 0 aliphatic carbocycles. The van der Waals surface area contributed by atoms with E-state index in [1.807, 2.05) is 19.1 Å². The van der Waals surface area contributed by atoms with Gasteiger partial charge >= 0.3 is 0 Å². The number of hydrogen-bond acceptors (Lipinski definition) is 5. The minimum atomic E-state index is 0.198. The quantitative estimate of drug-likeness (QED) is 0.816. The summed E-state index contributed by atoms with van der Waals surface area (Å²) >= 11 is 0. The highest BCUT2D eigenvalue weighted by Gasteiger charge is 2.08. The molecule has 5 nitrogen and oxygen atoms in total. The van der Waals surface area contributed by atoms with Crippen LogP contribution in [0.5, 0.6) is 0 Å². The van der Waals surface area contributed by atoms with E-state index in [0.29, 0.717) is 11.5 Å². The summed E-state index contributed by atoms with van der Waals surface area (Å²) < 4.78 is 5.27. The molecule has 2 aromatic heterocycles. The number of furan rings is 1. The lowest BCUT2D eigenvalue weighted by molar-refractivity contribution is 0.497. The Labute approximate surface area is 93.7 Å². The van der Waals surface area contributed by atoms with Gasteiger partial charge in [0.1, 0.15) is 12.1 Å². The fourth-order valence-electron chi connectivity index (χ4n) is 1.48. The van der Waals surface area contributed by atoms with Gasteiger partial charge in [-0.2, -0.15) is 0 Å². The Morgan fingerprint density at radius 1 is 1.56 bits per heavy atom. The summed E-state index contributed by atoms with van der Waals surface area (Å²) in [6.07, 6.45) is 5.50. The molecular weight excluding hydrogens is 204 g/mol. The summed E-state index contributed by atoms with van der Waals surface area (Å²) in [5.41, 5.74) is 6.28. The molecule has 0 amide bonds. The third-order valence-corrected chi connectivity index (χ3v) is 2.21. The van der Waals surface area contributed by atoms with Gasteiger partial charge in [-0.3, -0.25) is 0 Å². The Hall–Kier alpha value is -2.04. The molecule has 0 radical (unpaired) electrons. The summed E-state index contributed by atoms with van der Waals surface area (Å²) in [6.45, 7) is 2.05. The van der Waals surface area contributed by atoms with Gasteiger partial charge in [-0.15, -0.1) is 0 Å². The number of aromatic nitrogens is 2. The molecule has 0 bridgehead atoms. The zero-order valence-corrected chi connectivity index (χ0v) is 9.05. The van der Waals surface area contributed by atoms with E-state index in [4.69, 9.17) is 10.2 Å². The average Bonchev–Trinajstić information content (AvgIpc) is 2.74. The number of anilines is 2. The maximum atomic E-state index is 5.73. The lowest BCUT2D eigenvalue weighted by atomic mass is 10.2. The van der Waals surface area contributed by atoms with Crippen molar-refractivity contribution >= 4 is 11.5 Å². The second-order valence-corrected chi connectivity index (χ2v) is 3.66. The van der Waals surface area contributed by atoms with E-state index in [2.05, 4.69) is 15.3 Å². The number of hydrogen-bond donors (Lipinski definition) is 2. The second-order valence-electron chi connectivity index (χ2n) is 3.66. The molecule has 2 rings (SSSR count). The highest BCUT2D eigenvalue weighted by Crippen LogP contribution is 2.14. The summed E-state index contributed by atoms with van der Waals surface area (Å²) in [6, 6.07) is 4.02. The van der Waals surface area contributed by atoms with Crippen molar-refractivity contribution in [3.05, 3.63) is 36.7 Å². The topological polar surface area (TPSA) is 77.0 Å². The smallest absolute Gasteiger partial charge is 0.152 e. The monoisotopic (exact) mass is 218 g/mol. The van der Waals surface area contributed by atoms with E-state index in [0.717, 1.165) is 12.2 Å². The predicted octanol–water partition coefficient (Wildman–Crippen LogP) is 1.69. The Morgan fingerprint density at radius 3 is 3.12 bits per heavy atom. The van der Waals surface area contributed by atoms with Gasteiger partial charge in [0.25, 0.3) is 0 Å². The molecule has 2 heterocycles. The molecule has 0 aromatic carbocycles. The van der Waals surface area contributed by atoms with Gasteiger partial charge in [-0.1, -0.05) is 0 Å². The second kappa shape index (κ2) is 4.65. The summed E-state index contributed by atoms with van der Waals surface area (Å²) in [5, 5.41) is 3.21. The minimum absolute atomic E-state index is 0.198. The van der Waals surface area contributed by atoms with E-state index in [-0.39, 0.29) is 6.04 Å². The highest BCUT2D eigenvalue weighted by molar-refractivity contribution is 5.59. The van der Waals surface area contributed by atoms with Crippen molar-refractivity contribution in [1.29, 1.82) is 0 Å². The molecule has 0 saturated carbocycles. The van der Waals surface area contributed by atoms with Crippen LogP contribution in [0.25, 0.3) is 0 Å². The largest absolute Gasteiger partial charge is 0.469 e. The molecule has 1 unspecified atom stereocenters. The molecule has 3 N–H and O–H groups in total. The van der Waals surface area contributed by atoms with E-state index >= 15 is 0 Å². The molecule has 2 aromatic rings. The first kappa shape index (κ1) is 10.5. The molecule has 16 heavy (non-hydrogen) atoms. The predicted molar refractivity (Wildman–Crippen MR) is 61.9 cm³/mol. The fourth-order valence-corrected chi connectivity index (χ4v) is 1.48. The van der Waals surface area contributed by atoms with Crippen LogP contribution in [-0.4, -0.2) is 16.0 Å². The Balaban J connectivity index is 1.97. The van der Waals surface area contributed by atoms with Crippen LogP contribution >= 0.6 is 0 Å². The summed E-state index contributed by atoms with van der Waals surface area (Å²) in [5.74, 6) is 1.60. The fraction of sp³-hybridized carbons (Fsp3) is 0.273. The van der Waals surface area contributed by atoms with E-state index in [1.54, 1.807) is 12.5 Å². The zero-order chi connectivity index (χ0) is 11.4. The zero-order valence-electron chi connectivity index (χ0n) is 9.05. The first-order valence-electron chi connectivity index (χ1n) is 5.10. The lowest BCUT2D eigenvalue weighted by Gasteiger charge is -2.13. The van der Waals surface area contributed by atoms with Crippen LogP contribution < -0.4 is 11.1 Å². The summed E-state index contributed by atoms with van der Waals surface area (Å²) in [4.78, 5) is 7.90. The minimum Gasteiger partial charge on any atom is -0.469 e. The van der Waals surface area contributed by atoms with Crippen LogP contribution in [0.3, 0.4) is 0 Å². The first-order chi connectivity index (χ1) is 7.75. The maximum Gasteiger partial charge on any atom is 0.152 e. The molecule has 0 fully saturated rings. The van der Waals surface area contributed by atoms with Crippen molar-refractivity contribution in [2.75, 3.05) is 11.1 Å². The van der Waals surface area contributed by atoms with E-state index in [9.17, 15) is 0 Å². The van der Waals surface area contributed by atoms with Crippen LogP contribution in [0.2, 0.25) is 0 Å². The molecule has 0 spiro atoms. The normalized spacial score (nSPS) is 12.3. The standard InChI is InChI=1S/C11H14N4O/c1-8(5-9-3-2-4-16-9)15-11-10(12)6-13-7-14-11/h2-4,6-8H,5,12H2,1H3,(H,13,14,15). The van der Waals surface area contributed by atoms with Crippen LogP contribution in [0.1, 0.15) is 12.7 Å². The Kier molecular flexibility index (Phi) is 3.05. The van der Waals surface area contributed by atoms with Crippen molar-refractivity contribution in [3.8, 4) is 0 Å². The highest BCUT2D eigenvalue weighted by atomic mass is 16.3. The number of nitrogen functional groups attached to an aromatic ring is 1. The number of nitrogens with two attached hydrogens (primary N) is 1. The van der Waals surface area contributed by atoms with Crippen LogP contribution in [0.4, 0.5) is 11.5 Å². The van der Waals surface area contributed by atoms with Gasteiger partial charge in [0.15, 0.2) is 5.82 Å². The van der Waals surface area contributed by atoms with Gasteiger partial charge in [0.05, 0.1) is 18.1 Å². The molecule has 0 aliphatic heterocycles. The molecule has 0 aliphatic rings. The molecule has 1 atom stereocenters. The van der Waals surface area contributed by atoms with Crippen LogP contribution in [0, 0.1) is 0 Å². The molecule has 84 valence electrons. The van der Waals surface area contributed by atoms with Crippen molar-refractivity contribution in [2.45, 2.75) is 19.4 Å². The SMILES string of the molecule is CC(Cc1ccco1)Nc1ncncc1N. The van der Waals surface area contributed by atoms with Crippen molar-refractivity contribution < 1.29 is 4.42 Å². The first-order valence-corrected chi connectivity index (χ1v) is 5.10. The summed E-state index contributed by atoms with van der Waals surface area (Å²) in [7, 11) is 0. The van der Waals surface area contributed by atoms with Crippen LogP contribution in [-0.2, 0) is 6.42 Å². The molecular formula is C11H14N4O. The number of nitrogens with zero attached hydrogens (tertiary/aromatic N) is 2. The van der Waals surface area contributed by atoms with Gasteiger partial charge in [-0.25, -0.2) is 9.97 Å². The van der Waals surface area contributed by atoms with Crippen molar-refractivity contribution in [2.24, 2.45) is 0 Å². The third kappa shape index (κ3) is 2.50.